The van der Waals surface area contributed by atoms with E-state index in [1.807, 2.05) is 30.6 Å². The molecule has 1 aromatic heterocycles. The van der Waals surface area contributed by atoms with Crippen LogP contribution in [0.3, 0.4) is 0 Å². The Hall–Kier alpha value is -2.37. The third-order valence-corrected chi connectivity index (χ3v) is 6.22. The molecule has 1 aromatic rings. The Bertz CT molecular complexity index is 693. The van der Waals surface area contributed by atoms with Crippen molar-refractivity contribution < 1.29 is 23.6 Å². The number of alkyl carbamates (subject to hydrolysis) is 1. The minimum Gasteiger partial charge on any atom is -0.461 e. The van der Waals surface area contributed by atoms with Gasteiger partial charge in [-0.2, -0.15) is 0 Å². The van der Waals surface area contributed by atoms with E-state index in [4.69, 9.17) is 9.47 Å². The highest BCUT2D eigenvalue weighted by Gasteiger charge is 2.07. The molecule has 0 saturated carbocycles. The van der Waals surface area contributed by atoms with Gasteiger partial charge in [-0.25, -0.2) is 9.36 Å². The SMILES string of the molecule is C=C(COC(=O)CCCCCCCCCCCCCCC)COC(=O)NCCCC[n+]1ccccc1. The summed E-state index contributed by atoms with van der Waals surface area (Å²) in [5.74, 6) is -0.208. The normalized spacial score (nSPS) is 10.7. The highest BCUT2D eigenvalue weighted by atomic mass is 16.6. The maximum Gasteiger partial charge on any atom is 0.407 e. The minimum atomic E-state index is -0.471. The summed E-state index contributed by atoms with van der Waals surface area (Å²) in [5, 5.41) is 2.74. The smallest absolute Gasteiger partial charge is 0.407 e. The average molecular weight is 504 g/mol. The number of nitrogens with zero attached hydrogens (tertiary/aromatic N) is 1. The molecule has 0 aliphatic heterocycles. The summed E-state index contributed by atoms with van der Waals surface area (Å²) in [6, 6.07) is 5.99. The lowest BCUT2D eigenvalue weighted by molar-refractivity contribution is -0.697. The number of rotatable bonds is 23. The van der Waals surface area contributed by atoms with Crippen LogP contribution in [-0.2, 0) is 20.8 Å². The number of hydrogen-bond acceptors (Lipinski definition) is 4. The van der Waals surface area contributed by atoms with Crippen molar-refractivity contribution in [3.8, 4) is 0 Å². The molecule has 6 heteroatoms. The molecular weight excluding hydrogens is 452 g/mol. The van der Waals surface area contributed by atoms with Gasteiger partial charge in [-0.15, -0.1) is 0 Å². The monoisotopic (exact) mass is 503 g/mol. The number of nitrogens with one attached hydrogen (secondary N) is 1. The summed E-state index contributed by atoms with van der Waals surface area (Å²) in [7, 11) is 0. The molecule has 0 spiro atoms. The van der Waals surface area contributed by atoms with Gasteiger partial charge < -0.3 is 14.8 Å². The zero-order valence-corrected chi connectivity index (χ0v) is 22.8. The average Bonchev–Trinajstić information content (AvgIpc) is 2.89. The molecule has 204 valence electrons. The van der Waals surface area contributed by atoms with Crippen LogP contribution >= 0.6 is 0 Å². The quantitative estimate of drug-likeness (QED) is 0.0751. The number of carbonyl (C=O) groups is 2. The van der Waals surface area contributed by atoms with Crippen LogP contribution in [0.2, 0.25) is 0 Å². The van der Waals surface area contributed by atoms with E-state index in [2.05, 4.69) is 23.4 Å². The molecule has 1 N–H and O–H groups in total. The fourth-order valence-corrected chi connectivity index (χ4v) is 4.00. The third-order valence-electron chi connectivity index (χ3n) is 6.22. The molecule has 0 aliphatic rings. The summed E-state index contributed by atoms with van der Waals surface area (Å²) < 4.78 is 12.5. The fraction of sp³-hybridized carbons (Fsp3) is 0.700. The first kappa shape index (κ1) is 31.7. The van der Waals surface area contributed by atoms with Gasteiger partial charge in [0.15, 0.2) is 12.4 Å². The number of unbranched alkanes of at least 4 members (excludes halogenated alkanes) is 13. The predicted molar refractivity (Wildman–Crippen MR) is 146 cm³/mol. The van der Waals surface area contributed by atoms with E-state index in [1.54, 1.807) is 0 Å². The maximum absolute atomic E-state index is 11.9. The van der Waals surface area contributed by atoms with Crippen LogP contribution in [0.15, 0.2) is 42.7 Å². The first-order valence-electron chi connectivity index (χ1n) is 14.3. The van der Waals surface area contributed by atoms with Gasteiger partial charge in [0, 0.05) is 31.5 Å². The summed E-state index contributed by atoms with van der Waals surface area (Å²) in [6.45, 7) is 7.71. The molecule has 1 amide bonds. The molecule has 0 aliphatic carbocycles. The molecule has 1 rings (SSSR count). The molecule has 0 radical (unpaired) electrons. The van der Waals surface area contributed by atoms with Crippen LogP contribution in [0.25, 0.3) is 0 Å². The lowest BCUT2D eigenvalue weighted by atomic mass is 10.0. The largest absolute Gasteiger partial charge is 0.461 e. The molecule has 0 fully saturated rings. The van der Waals surface area contributed by atoms with Crippen LogP contribution in [0.5, 0.6) is 0 Å². The van der Waals surface area contributed by atoms with Crippen LogP contribution < -0.4 is 9.88 Å². The van der Waals surface area contributed by atoms with E-state index in [1.165, 1.54) is 70.6 Å². The summed E-state index contributed by atoms with van der Waals surface area (Å²) in [4.78, 5) is 23.7. The van der Waals surface area contributed by atoms with Crippen LogP contribution in [0, 0.1) is 0 Å². The van der Waals surface area contributed by atoms with Crippen LogP contribution in [0.1, 0.15) is 110 Å². The highest BCUT2D eigenvalue weighted by Crippen LogP contribution is 2.13. The standard InChI is InChI=1S/C30H50N2O4/c1-3-4-5-6-7-8-9-10-11-12-13-14-16-21-29(33)35-26-28(2)27-36-30(34)31-22-17-20-25-32-23-18-15-19-24-32/h15,18-19,23-24H,2-14,16-17,20-22,25-27H2,1H3/p+1. The first-order chi connectivity index (χ1) is 17.6. The van der Waals surface area contributed by atoms with Crippen molar-refractivity contribution in [2.24, 2.45) is 0 Å². The molecule has 0 bridgehead atoms. The van der Waals surface area contributed by atoms with E-state index >= 15 is 0 Å². The second kappa shape index (κ2) is 23.1. The highest BCUT2D eigenvalue weighted by molar-refractivity contribution is 5.69. The molecule has 0 saturated heterocycles. The Morgan fingerprint density at radius 1 is 0.722 bits per heavy atom. The lowest BCUT2D eigenvalue weighted by Gasteiger charge is -2.09. The summed E-state index contributed by atoms with van der Waals surface area (Å²) in [6.07, 6.45) is 22.5. The second-order valence-electron chi connectivity index (χ2n) is 9.73. The van der Waals surface area contributed by atoms with Gasteiger partial charge >= 0.3 is 12.1 Å². The number of hydrogen-bond donors (Lipinski definition) is 1. The Labute approximate surface area is 219 Å². The Kier molecular flexibility index (Phi) is 20.3. The molecular formula is C30H51N2O4+. The second-order valence-corrected chi connectivity index (χ2v) is 9.73. The van der Waals surface area contributed by atoms with E-state index in [0.717, 1.165) is 32.2 Å². The van der Waals surface area contributed by atoms with Gasteiger partial charge in [0.05, 0.1) is 0 Å². The number of pyridine rings is 1. The Morgan fingerprint density at radius 2 is 1.28 bits per heavy atom. The van der Waals surface area contributed by atoms with E-state index in [-0.39, 0.29) is 19.2 Å². The van der Waals surface area contributed by atoms with Crippen molar-refractivity contribution in [2.75, 3.05) is 19.8 Å². The first-order valence-corrected chi connectivity index (χ1v) is 14.3. The number of carbonyl (C=O) groups excluding carboxylic acids is 2. The molecule has 0 aromatic carbocycles. The van der Waals surface area contributed by atoms with Crippen LogP contribution in [-0.4, -0.2) is 31.8 Å². The minimum absolute atomic E-state index is 0.0533. The van der Waals surface area contributed by atoms with Crippen molar-refractivity contribution in [1.29, 1.82) is 0 Å². The van der Waals surface area contributed by atoms with E-state index in [0.29, 0.717) is 18.5 Å². The molecule has 0 atom stereocenters. The predicted octanol–water partition coefficient (Wildman–Crippen LogP) is 7.06. The van der Waals surface area contributed by atoms with Crippen molar-refractivity contribution in [3.05, 3.63) is 42.7 Å². The molecule has 1 heterocycles. The van der Waals surface area contributed by atoms with Gasteiger partial charge in [0.25, 0.3) is 0 Å². The van der Waals surface area contributed by atoms with Crippen molar-refractivity contribution in [3.63, 3.8) is 0 Å². The molecule has 6 nitrogen and oxygen atoms in total. The zero-order valence-electron chi connectivity index (χ0n) is 22.8. The lowest BCUT2D eigenvalue weighted by Crippen LogP contribution is -2.33. The number of aryl methyl sites for hydroxylation is 1. The van der Waals surface area contributed by atoms with Crippen LogP contribution in [0.4, 0.5) is 4.79 Å². The number of amides is 1. The molecule has 0 unspecified atom stereocenters. The van der Waals surface area contributed by atoms with Gasteiger partial charge in [-0.05, 0) is 18.4 Å². The number of esters is 1. The van der Waals surface area contributed by atoms with E-state index in [9.17, 15) is 9.59 Å². The van der Waals surface area contributed by atoms with Gasteiger partial charge in [-0.3, -0.25) is 4.79 Å². The Morgan fingerprint density at radius 3 is 1.89 bits per heavy atom. The zero-order chi connectivity index (χ0) is 26.1. The fourth-order valence-electron chi connectivity index (χ4n) is 4.00. The maximum atomic E-state index is 11.9. The summed E-state index contributed by atoms with van der Waals surface area (Å²) >= 11 is 0. The Balaban J connectivity index is 1.86. The topological polar surface area (TPSA) is 68.5 Å². The van der Waals surface area contributed by atoms with Gasteiger partial charge in [0.2, 0.25) is 0 Å². The van der Waals surface area contributed by atoms with Crippen molar-refractivity contribution in [1.82, 2.24) is 5.32 Å². The number of ether oxygens (including phenoxy) is 2. The number of aromatic nitrogens is 1. The van der Waals surface area contributed by atoms with Gasteiger partial charge in [0.1, 0.15) is 19.8 Å². The van der Waals surface area contributed by atoms with Gasteiger partial charge in [-0.1, -0.05) is 96.6 Å². The van der Waals surface area contributed by atoms with E-state index < -0.39 is 6.09 Å². The molecule has 36 heavy (non-hydrogen) atoms. The third kappa shape index (κ3) is 19.9. The summed E-state index contributed by atoms with van der Waals surface area (Å²) in [5.41, 5.74) is 0.573. The van der Waals surface area contributed by atoms with Crippen molar-refractivity contribution in [2.45, 2.75) is 116 Å². The van der Waals surface area contributed by atoms with Crippen molar-refractivity contribution >= 4 is 12.1 Å².